The first-order valence-electron chi connectivity index (χ1n) is 10.5. The van der Waals surface area contributed by atoms with Crippen LogP contribution in [0.1, 0.15) is 104 Å². The average molecular weight is 364 g/mol. The maximum absolute atomic E-state index is 5.86. The summed E-state index contributed by atoms with van der Waals surface area (Å²) in [4.78, 5) is 0. The Morgan fingerprint density at radius 2 is 1.00 bits per heavy atom. The van der Waals surface area contributed by atoms with Gasteiger partial charge in [-0.1, -0.05) is 84.5 Å². The minimum atomic E-state index is 0. The lowest BCUT2D eigenvalue weighted by Gasteiger charge is -2.29. The predicted octanol–water partition coefficient (Wildman–Crippen LogP) is 3.54. The van der Waals surface area contributed by atoms with Crippen molar-refractivity contribution >= 4 is 0 Å². The number of quaternary nitrogens is 1. The molecular weight excluding hydrogens is 318 g/mol. The number of rotatable bonds is 18. The second kappa shape index (κ2) is 19.5. The van der Waals surface area contributed by atoms with Crippen molar-refractivity contribution in [1.82, 2.24) is 0 Å². The van der Waals surface area contributed by atoms with Crippen LogP contribution in [0.5, 0.6) is 0 Å². The first-order valence-corrected chi connectivity index (χ1v) is 10.5. The first-order chi connectivity index (χ1) is 11.1. The van der Waals surface area contributed by atoms with E-state index in [-0.39, 0.29) is 12.4 Å². The van der Waals surface area contributed by atoms with Crippen molar-refractivity contribution < 1.29 is 21.6 Å². The summed E-state index contributed by atoms with van der Waals surface area (Å²) in [6.07, 6.45) is 19.4. The normalized spacial score (nSPS) is 11.5. The minimum Gasteiger partial charge on any atom is -1.00 e. The summed E-state index contributed by atoms with van der Waals surface area (Å²) in [5, 5.41) is 0. The van der Waals surface area contributed by atoms with Crippen LogP contribution in [0.3, 0.4) is 0 Å². The topological polar surface area (TPSA) is 9.23 Å². The maximum atomic E-state index is 5.86. The molecule has 0 bridgehead atoms. The minimum absolute atomic E-state index is 0. The van der Waals surface area contributed by atoms with Crippen LogP contribution in [-0.4, -0.2) is 38.5 Å². The lowest BCUT2D eigenvalue weighted by atomic mass is 10.1. The van der Waals surface area contributed by atoms with Gasteiger partial charge < -0.3 is 21.6 Å². The highest BCUT2D eigenvalue weighted by Crippen LogP contribution is 2.11. The summed E-state index contributed by atoms with van der Waals surface area (Å²) in [7, 11) is 4.61. The van der Waals surface area contributed by atoms with Crippen LogP contribution in [-0.2, 0) is 4.74 Å². The van der Waals surface area contributed by atoms with Crippen LogP contribution in [0.2, 0.25) is 0 Å². The predicted molar refractivity (Wildman–Crippen MR) is 104 cm³/mol. The van der Waals surface area contributed by atoms with Gasteiger partial charge in [0.15, 0.2) is 6.73 Å². The molecule has 0 aromatic heterocycles. The molecule has 0 saturated carbocycles. The van der Waals surface area contributed by atoms with E-state index in [1.165, 1.54) is 96.4 Å². The molecule has 2 nitrogen and oxygen atoms in total. The van der Waals surface area contributed by atoms with Gasteiger partial charge in [-0.15, -0.1) is 0 Å². The van der Waals surface area contributed by atoms with E-state index >= 15 is 0 Å². The van der Waals surface area contributed by atoms with E-state index < -0.39 is 0 Å². The molecule has 0 unspecified atom stereocenters. The van der Waals surface area contributed by atoms with E-state index in [1.807, 2.05) is 0 Å². The molecule has 0 saturated heterocycles. The van der Waals surface area contributed by atoms with Crippen molar-refractivity contribution in [3.05, 3.63) is 0 Å². The van der Waals surface area contributed by atoms with Crippen molar-refractivity contribution in [2.45, 2.75) is 104 Å². The van der Waals surface area contributed by atoms with Gasteiger partial charge in [0.25, 0.3) is 0 Å². The molecule has 0 fully saturated rings. The molecule has 0 radical (unpaired) electrons. The van der Waals surface area contributed by atoms with Gasteiger partial charge in [-0.05, 0) is 19.3 Å². The molecule has 0 atom stereocenters. The van der Waals surface area contributed by atoms with Gasteiger partial charge in [-0.3, -0.25) is 0 Å². The molecule has 0 N–H and O–H groups in total. The molecule has 0 aromatic rings. The second-order valence-electron chi connectivity index (χ2n) is 7.94. The van der Waals surface area contributed by atoms with Gasteiger partial charge in [-0.25, -0.2) is 0 Å². The van der Waals surface area contributed by atoms with Gasteiger partial charge >= 0.3 is 0 Å². The molecule has 24 heavy (non-hydrogen) atoms. The third-order valence-corrected chi connectivity index (χ3v) is 4.70. The van der Waals surface area contributed by atoms with Crippen LogP contribution >= 0.6 is 0 Å². The maximum Gasteiger partial charge on any atom is 0.182 e. The van der Waals surface area contributed by atoms with Crippen LogP contribution in [0, 0.1) is 0 Å². The molecular formula is C21H46ClNO. The molecule has 0 aliphatic rings. The Morgan fingerprint density at radius 1 is 0.583 bits per heavy atom. The first kappa shape index (κ1) is 26.4. The van der Waals surface area contributed by atoms with Gasteiger partial charge in [0, 0.05) is 0 Å². The highest BCUT2D eigenvalue weighted by Gasteiger charge is 2.13. The number of nitrogens with zero attached hydrogens (tertiary/aromatic N) is 1. The SMILES string of the molecule is CCCCCCCCCCCC[N+](C)(C)COCCCCCC.[Cl-]. The van der Waals surface area contributed by atoms with Gasteiger partial charge in [0.1, 0.15) is 0 Å². The van der Waals surface area contributed by atoms with E-state index in [1.54, 1.807) is 0 Å². The standard InChI is InChI=1S/C21H46NO.ClH/c1-5-7-9-11-12-13-14-15-16-17-19-22(3,4)21-23-20-18-10-8-6-2;/h5-21H2,1-4H3;1H/q+1;/p-1. The van der Waals surface area contributed by atoms with E-state index in [4.69, 9.17) is 4.74 Å². The van der Waals surface area contributed by atoms with Gasteiger partial charge in [-0.2, -0.15) is 0 Å². The summed E-state index contributed by atoms with van der Waals surface area (Å²) in [6.45, 7) is 7.62. The monoisotopic (exact) mass is 363 g/mol. The Hall–Kier alpha value is 0.210. The number of ether oxygens (including phenoxy) is 1. The zero-order chi connectivity index (χ0) is 17.2. The quantitative estimate of drug-likeness (QED) is 0.205. The smallest absolute Gasteiger partial charge is 0.182 e. The summed E-state index contributed by atoms with van der Waals surface area (Å²) in [5.74, 6) is 0. The lowest BCUT2D eigenvalue weighted by Crippen LogP contribution is -3.00. The van der Waals surface area contributed by atoms with Gasteiger partial charge in [0.05, 0.1) is 27.2 Å². The van der Waals surface area contributed by atoms with E-state index in [0.717, 1.165) is 17.8 Å². The molecule has 0 aromatic carbocycles. The Balaban J connectivity index is 0. The highest BCUT2D eigenvalue weighted by atomic mass is 35.5. The third kappa shape index (κ3) is 20.3. The largest absolute Gasteiger partial charge is 1.00 e. The van der Waals surface area contributed by atoms with Crippen molar-refractivity contribution in [3.63, 3.8) is 0 Å². The molecule has 148 valence electrons. The van der Waals surface area contributed by atoms with Crippen LogP contribution < -0.4 is 12.4 Å². The molecule has 0 aliphatic heterocycles. The van der Waals surface area contributed by atoms with E-state index in [0.29, 0.717) is 0 Å². The van der Waals surface area contributed by atoms with Crippen molar-refractivity contribution in [2.24, 2.45) is 0 Å². The summed E-state index contributed by atoms with van der Waals surface area (Å²) < 4.78 is 6.88. The van der Waals surface area contributed by atoms with Gasteiger partial charge in [0.2, 0.25) is 0 Å². The van der Waals surface area contributed by atoms with Crippen molar-refractivity contribution in [2.75, 3.05) is 34.0 Å². The van der Waals surface area contributed by atoms with Crippen molar-refractivity contribution in [3.8, 4) is 0 Å². The Kier molecular flexibility index (Phi) is 21.5. The Morgan fingerprint density at radius 3 is 1.50 bits per heavy atom. The fourth-order valence-electron chi connectivity index (χ4n) is 3.03. The summed E-state index contributed by atoms with van der Waals surface area (Å²) >= 11 is 0. The van der Waals surface area contributed by atoms with E-state index in [9.17, 15) is 0 Å². The van der Waals surface area contributed by atoms with Crippen molar-refractivity contribution in [1.29, 1.82) is 0 Å². The molecule has 0 aliphatic carbocycles. The molecule has 0 amide bonds. The highest BCUT2D eigenvalue weighted by molar-refractivity contribution is 4.47. The summed E-state index contributed by atoms with van der Waals surface area (Å²) in [6, 6.07) is 0. The number of hydrogen-bond donors (Lipinski definition) is 0. The molecule has 0 spiro atoms. The van der Waals surface area contributed by atoms with Crippen LogP contribution in [0.25, 0.3) is 0 Å². The average Bonchev–Trinajstić information content (AvgIpc) is 2.52. The fourth-order valence-corrected chi connectivity index (χ4v) is 3.03. The van der Waals surface area contributed by atoms with Crippen LogP contribution in [0.15, 0.2) is 0 Å². The zero-order valence-corrected chi connectivity index (χ0v) is 18.0. The molecule has 0 rings (SSSR count). The van der Waals surface area contributed by atoms with E-state index in [2.05, 4.69) is 27.9 Å². The number of hydrogen-bond acceptors (Lipinski definition) is 1. The number of halogens is 1. The molecule has 0 heterocycles. The third-order valence-electron chi connectivity index (χ3n) is 4.70. The van der Waals surface area contributed by atoms with Crippen LogP contribution in [0.4, 0.5) is 0 Å². The number of unbranched alkanes of at least 4 members (excludes halogenated alkanes) is 12. The fraction of sp³-hybridized carbons (Fsp3) is 1.00. The second-order valence-corrected chi connectivity index (χ2v) is 7.94. The molecule has 3 heteroatoms. The zero-order valence-electron chi connectivity index (χ0n) is 17.3. The Labute approximate surface area is 159 Å². The Bertz CT molecular complexity index is 234. The lowest BCUT2D eigenvalue weighted by molar-refractivity contribution is -0.909. The summed E-state index contributed by atoms with van der Waals surface area (Å²) in [5.41, 5.74) is 0.